The Morgan fingerprint density at radius 1 is 1.00 bits per heavy atom. The number of halogens is 1. The van der Waals surface area contributed by atoms with Gasteiger partial charge in [0.1, 0.15) is 30.0 Å². The molecule has 59 heavy (non-hydrogen) atoms. The van der Waals surface area contributed by atoms with Crippen molar-refractivity contribution in [2.45, 2.75) is 89.5 Å². The zero-order chi connectivity index (χ0) is 42.8. The molecule has 0 aliphatic carbocycles. The van der Waals surface area contributed by atoms with Crippen molar-refractivity contribution in [1.82, 2.24) is 15.1 Å². The van der Waals surface area contributed by atoms with E-state index in [1.165, 1.54) is 0 Å². The first-order chi connectivity index (χ1) is 28.0. The van der Waals surface area contributed by atoms with Gasteiger partial charge in [0.15, 0.2) is 5.50 Å². The van der Waals surface area contributed by atoms with Crippen molar-refractivity contribution in [1.29, 1.82) is 10.5 Å². The fraction of sp³-hybridized carbons (Fsp3) is 0.442. The predicted molar refractivity (Wildman–Crippen MR) is 231 cm³/mol. The van der Waals surface area contributed by atoms with Crippen molar-refractivity contribution >= 4 is 70.6 Å². The van der Waals surface area contributed by atoms with E-state index < -0.39 is 23.0 Å². The molecule has 16 heteroatoms. The van der Waals surface area contributed by atoms with Gasteiger partial charge in [-0.25, -0.2) is 0 Å². The Kier molecular flexibility index (Phi) is 13.1. The molecule has 4 atom stereocenters. The number of piperazine rings is 1. The number of carbonyl (C=O) groups is 4. The third-order valence-corrected chi connectivity index (χ3v) is 11.9. The number of nitrogens with zero attached hydrogens (tertiary/aromatic N) is 6. The second kappa shape index (κ2) is 17.9. The van der Waals surface area contributed by atoms with Crippen LogP contribution >= 0.6 is 24.2 Å². The third-order valence-electron chi connectivity index (χ3n) is 11.1. The normalized spacial score (nSPS) is 22.2. The highest BCUT2D eigenvalue weighted by atomic mass is 35.5. The van der Waals surface area contributed by atoms with Gasteiger partial charge >= 0.3 is 0 Å². The van der Waals surface area contributed by atoms with Gasteiger partial charge < -0.3 is 20.3 Å². The van der Waals surface area contributed by atoms with Crippen molar-refractivity contribution in [2.75, 3.05) is 53.2 Å². The minimum Gasteiger partial charge on any atom is -0.492 e. The van der Waals surface area contributed by atoms with Crippen LogP contribution in [0.1, 0.15) is 77.0 Å². The van der Waals surface area contributed by atoms with E-state index >= 15 is 0 Å². The number of nitriles is 2. The average molecular weight is 840 g/mol. The predicted octanol–water partition coefficient (Wildman–Crippen LogP) is 5.68. The topological polar surface area (TPSA) is 174 Å². The van der Waals surface area contributed by atoms with Crippen LogP contribution in [0.4, 0.5) is 22.7 Å². The smallest absolute Gasteiger partial charge is 0.254 e. The number of rotatable bonds is 12. The van der Waals surface area contributed by atoms with Crippen LogP contribution in [0.5, 0.6) is 5.75 Å². The minimum atomic E-state index is -0.928. The number of benzene rings is 3. The molecule has 0 radical (unpaired) electrons. The van der Waals surface area contributed by atoms with E-state index in [0.29, 0.717) is 47.8 Å². The monoisotopic (exact) mass is 839 g/mol. The lowest BCUT2D eigenvalue weighted by Gasteiger charge is -2.44. The van der Waals surface area contributed by atoms with Crippen LogP contribution in [0.25, 0.3) is 0 Å². The van der Waals surface area contributed by atoms with Crippen LogP contribution in [0.2, 0.25) is 5.02 Å². The van der Waals surface area contributed by atoms with Crippen molar-refractivity contribution in [3.05, 3.63) is 76.3 Å². The molecule has 2 unspecified atom stereocenters. The Bertz CT molecular complexity index is 2210. The first-order valence-electron chi connectivity index (χ1n) is 19.7. The summed E-state index contributed by atoms with van der Waals surface area (Å²) in [7, 11) is 0. The lowest BCUT2D eigenvalue weighted by Crippen LogP contribution is -2.58. The van der Waals surface area contributed by atoms with Crippen LogP contribution in [0.15, 0.2) is 54.6 Å². The molecular weight excluding hydrogens is 790 g/mol. The number of carbonyl (C=O) groups excluding carboxylic acids is 4. The fourth-order valence-corrected chi connectivity index (χ4v) is 9.00. The summed E-state index contributed by atoms with van der Waals surface area (Å²) in [4.78, 5) is 59.0. The zero-order valence-corrected chi connectivity index (χ0v) is 35.7. The quantitative estimate of drug-likeness (QED) is 0.131. The highest BCUT2D eigenvalue weighted by Crippen LogP contribution is 2.43. The van der Waals surface area contributed by atoms with E-state index in [-0.39, 0.29) is 53.7 Å². The van der Waals surface area contributed by atoms with Gasteiger partial charge in [0.05, 0.1) is 28.8 Å². The van der Waals surface area contributed by atoms with Gasteiger partial charge in [-0.05, 0) is 100 Å². The number of hydrogen-bond acceptors (Lipinski definition) is 12. The third kappa shape index (κ3) is 9.45. The number of imide groups is 1. The number of hydrogen-bond donors (Lipinski definition) is 4. The van der Waals surface area contributed by atoms with Crippen molar-refractivity contribution in [2.24, 2.45) is 0 Å². The SMILES string of the molecule is CC(C)c1cc(N2C(S)N(c3ccc(C#N)c(Cl)c3)C(=O)C2(C)C)ccc1OCCN1C[C@@H](C)N(CC(=O)Nc2cc(C#N)cc(NC3CCC(=O)NC3=O)c2)[C@@H](C)C1. The van der Waals surface area contributed by atoms with Gasteiger partial charge in [-0.2, -0.15) is 10.5 Å². The molecule has 0 spiro atoms. The summed E-state index contributed by atoms with van der Waals surface area (Å²) >= 11 is 11.3. The summed E-state index contributed by atoms with van der Waals surface area (Å²) in [6.45, 7) is 14.9. The molecule has 14 nitrogen and oxygen atoms in total. The standard InChI is InChI=1S/C43H50ClN9O5S/c1-25(2)34-18-33(53-42(59)52(41(57)43(53,5)6)32-8-7-29(21-46)35(44)19-32)9-11-37(34)58-14-13-50-22-26(3)51(27(4)23-50)24-39(55)48-31-16-28(20-45)15-30(17-31)47-36-10-12-38(54)49-40(36)56/h7-9,11,15-19,25-27,36,42,47,59H,10,12-14,22-24H2,1-6H3,(H,48,55)(H,49,54,56)/t26-,27+,36?,42?. The van der Waals surface area contributed by atoms with E-state index in [1.54, 1.807) is 41.3 Å². The van der Waals surface area contributed by atoms with Gasteiger partial charge in [-0.15, -0.1) is 12.6 Å². The summed E-state index contributed by atoms with van der Waals surface area (Å²) in [5.74, 6) is -0.203. The minimum absolute atomic E-state index is 0.0748. The van der Waals surface area contributed by atoms with Gasteiger partial charge in [0.2, 0.25) is 17.7 Å². The van der Waals surface area contributed by atoms with Crippen LogP contribution in [0.3, 0.4) is 0 Å². The molecule has 3 aromatic carbocycles. The van der Waals surface area contributed by atoms with Gasteiger partial charge in [0.25, 0.3) is 5.91 Å². The van der Waals surface area contributed by atoms with E-state index in [4.69, 9.17) is 29.0 Å². The molecule has 4 amide bonds. The number of anilines is 4. The van der Waals surface area contributed by atoms with Gasteiger partial charge in [-0.1, -0.05) is 25.4 Å². The van der Waals surface area contributed by atoms with Crippen LogP contribution in [0, 0.1) is 22.7 Å². The molecule has 310 valence electrons. The molecule has 0 bridgehead atoms. The average Bonchev–Trinajstić information content (AvgIpc) is 3.35. The number of thiol groups is 1. The number of piperidine rings is 1. The molecule has 3 heterocycles. The fourth-order valence-electron chi connectivity index (χ4n) is 8.12. The van der Waals surface area contributed by atoms with Gasteiger partial charge in [-0.3, -0.25) is 39.2 Å². The second-order valence-corrected chi connectivity index (χ2v) is 17.1. The Balaban J connectivity index is 1.04. The van der Waals surface area contributed by atoms with Crippen LogP contribution in [-0.4, -0.2) is 95.4 Å². The second-order valence-electron chi connectivity index (χ2n) is 16.2. The van der Waals surface area contributed by atoms with Crippen LogP contribution in [-0.2, 0) is 19.2 Å². The van der Waals surface area contributed by atoms with E-state index in [2.05, 4.69) is 71.6 Å². The molecule has 3 aliphatic rings. The Hall–Kier alpha value is -5.32. The molecule has 3 fully saturated rings. The first-order valence-corrected chi connectivity index (χ1v) is 20.6. The number of amides is 4. The highest BCUT2D eigenvalue weighted by molar-refractivity contribution is 7.81. The largest absolute Gasteiger partial charge is 0.492 e. The summed E-state index contributed by atoms with van der Waals surface area (Å²) in [5, 5.41) is 27.5. The van der Waals surface area contributed by atoms with Crippen molar-refractivity contribution in [3.63, 3.8) is 0 Å². The molecule has 3 saturated heterocycles. The van der Waals surface area contributed by atoms with Gasteiger partial charge in [0, 0.05) is 60.9 Å². The Morgan fingerprint density at radius 2 is 1.69 bits per heavy atom. The molecule has 0 aromatic heterocycles. The molecule has 0 saturated carbocycles. The highest BCUT2D eigenvalue weighted by Gasteiger charge is 2.51. The van der Waals surface area contributed by atoms with E-state index in [0.717, 1.165) is 30.1 Å². The molecular formula is C43H50ClN9O5S. The Labute approximate surface area is 355 Å². The van der Waals surface area contributed by atoms with E-state index in [1.807, 2.05) is 30.9 Å². The number of nitrogens with one attached hydrogen (secondary N) is 3. The maximum Gasteiger partial charge on any atom is 0.254 e. The summed E-state index contributed by atoms with van der Waals surface area (Å²) < 4.78 is 6.42. The number of ether oxygens (including phenoxy) is 1. The Morgan fingerprint density at radius 3 is 2.34 bits per heavy atom. The lowest BCUT2D eigenvalue weighted by molar-refractivity contribution is -0.133. The lowest BCUT2D eigenvalue weighted by atomic mass is 9.98. The summed E-state index contributed by atoms with van der Waals surface area (Å²) in [6.07, 6.45) is 0.552. The summed E-state index contributed by atoms with van der Waals surface area (Å²) in [5.41, 5.74) is 2.43. The molecule has 6 rings (SSSR count). The van der Waals surface area contributed by atoms with Crippen LogP contribution < -0.4 is 30.5 Å². The van der Waals surface area contributed by atoms with Crippen molar-refractivity contribution in [3.8, 4) is 17.9 Å². The maximum absolute atomic E-state index is 13.8. The van der Waals surface area contributed by atoms with E-state index in [9.17, 15) is 29.7 Å². The zero-order valence-electron chi connectivity index (χ0n) is 34.1. The van der Waals surface area contributed by atoms with Crippen molar-refractivity contribution < 1.29 is 23.9 Å². The maximum atomic E-state index is 13.8. The first kappa shape index (κ1) is 43.3. The summed E-state index contributed by atoms with van der Waals surface area (Å²) in [6, 6.07) is 19.5. The molecule has 3 aromatic rings. The molecule has 3 N–H and O–H groups in total. The molecule has 3 aliphatic heterocycles.